The number of hydrogen-bond acceptors (Lipinski definition) is 4. The van der Waals surface area contributed by atoms with Gasteiger partial charge in [0, 0.05) is 12.1 Å². The highest BCUT2D eigenvalue weighted by Crippen LogP contribution is 2.31. The van der Waals surface area contributed by atoms with Crippen LogP contribution in [0.25, 0.3) is 0 Å². The van der Waals surface area contributed by atoms with E-state index < -0.39 is 0 Å². The first-order valence-electron chi connectivity index (χ1n) is 7.88. The van der Waals surface area contributed by atoms with Crippen molar-refractivity contribution >= 4 is 0 Å². The third-order valence-corrected chi connectivity index (χ3v) is 4.23. The van der Waals surface area contributed by atoms with Gasteiger partial charge in [-0.2, -0.15) is 0 Å². The Balaban J connectivity index is 2.04. The Labute approximate surface area is 133 Å². The number of nitrogens with one attached hydrogen (secondary N) is 1. The van der Waals surface area contributed by atoms with Gasteiger partial charge in [0.15, 0.2) is 11.5 Å². The molecule has 1 aliphatic carbocycles. The van der Waals surface area contributed by atoms with Crippen LogP contribution in [0.1, 0.15) is 38.2 Å². The standard InChI is InChI=1S/C18H27NO3/c1-14(2)12-22-17-10-15(6-7-16(17)21-3)11-19-18(13-20)8-4-5-9-18/h6-7,10,19-20H,1,4-5,8-9,11-13H2,2-3H3. The van der Waals surface area contributed by atoms with E-state index in [-0.39, 0.29) is 12.1 Å². The molecule has 22 heavy (non-hydrogen) atoms. The third kappa shape index (κ3) is 4.24. The molecule has 0 aliphatic heterocycles. The van der Waals surface area contributed by atoms with Gasteiger partial charge >= 0.3 is 0 Å². The number of methoxy groups -OCH3 is 1. The van der Waals surface area contributed by atoms with Gasteiger partial charge in [-0.05, 0) is 43.0 Å². The fraction of sp³-hybridized carbons (Fsp3) is 0.556. The van der Waals surface area contributed by atoms with E-state index in [2.05, 4.69) is 11.9 Å². The second-order valence-electron chi connectivity index (χ2n) is 6.23. The lowest BCUT2D eigenvalue weighted by Gasteiger charge is -2.28. The van der Waals surface area contributed by atoms with Crippen LogP contribution in [0.15, 0.2) is 30.4 Å². The summed E-state index contributed by atoms with van der Waals surface area (Å²) in [6.45, 7) is 7.18. The molecule has 0 atom stereocenters. The normalized spacial score (nSPS) is 16.5. The molecule has 0 radical (unpaired) electrons. The Hall–Kier alpha value is -1.52. The summed E-state index contributed by atoms with van der Waals surface area (Å²) in [5.41, 5.74) is 1.98. The minimum absolute atomic E-state index is 0.112. The first kappa shape index (κ1) is 16.8. The van der Waals surface area contributed by atoms with Crippen molar-refractivity contribution in [2.75, 3.05) is 20.3 Å². The summed E-state index contributed by atoms with van der Waals surface area (Å²) >= 11 is 0. The van der Waals surface area contributed by atoms with E-state index in [4.69, 9.17) is 9.47 Å². The summed E-state index contributed by atoms with van der Waals surface area (Å²) < 4.78 is 11.1. The monoisotopic (exact) mass is 305 g/mol. The number of rotatable bonds is 8. The van der Waals surface area contributed by atoms with Crippen LogP contribution in [0, 0.1) is 0 Å². The van der Waals surface area contributed by atoms with Gasteiger partial charge in [0.2, 0.25) is 0 Å². The lowest BCUT2D eigenvalue weighted by molar-refractivity contribution is 0.163. The summed E-state index contributed by atoms with van der Waals surface area (Å²) in [7, 11) is 1.64. The van der Waals surface area contributed by atoms with E-state index in [1.807, 2.05) is 25.1 Å². The topological polar surface area (TPSA) is 50.7 Å². The van der Waals surface area contributed by atoms with Crippen LogP contribution in [0.3, 0.4) is 0 Å². The van der Waals surface area contributed by atoms with Crippen molar-refractivity contribution in [3.8, 4) is 11.5 Å². The first-order chi connectivity index (χ1) is 10.6. The molecule has 1 saturated carbocycles. The predicted molar refractivity (Wildman–Crippen MR) is 88.4 cm³/mol. The molecule has 0 saturated heterocycles. The smallest absolute Gasteiger partial charge is 0.161 e. The summed E-state index contributed by atoms with van der Waals surface area (Å²) in [5.74, 6) is 1.46. The number of benzene rings is 1. The molecule has 0 aromatic heterocycles. The maximum atomic E-state index is 9.66. The molecular formula is C18H27NO3. The Morgan fingerprint density at radius 1 is 1.32 bits per heavy atom. The Bertz CT molecular complexity index is 507. The molecular weight excluding hydrogens is 278 g/mol. The molecule has 1 fully saturated rings. The van der Waals surface area contributed by atoms with Gasteiger partial charge in [-0.3, -0.25) is 0 Å². The second kappa shape index (κ2) is 7.65. The van der Waals surface area contributed by atoms with Crippen LogP contribution < -0.4 is 14.8 Å². The molecule has 0 spiro atoms. The maximum Gasteiger partial charge on any atom is 0.161 e. The van der Waals surface area contributed by atoms with Crippen LogP contribution in [-0.4, -0.2) is 31.0 Å². The van der Waals surface area contributed by atoms with Crippen molar-refractivity contribution in [1.29, 1.82) is 0 Å². The lowest BCUT2D eigenvalue weighted by atomic mass is 9.98. The zero-order valence-electron chi connectivity index (χ0n) is 13.7. The second-order valence-corrected chi connectivity index (χ2v) is 6.23. The molecule has 122 valence electrons. The minimum atomic E-state index is -0.112. The highest BCUT2D eigenvalue weighted by molar-refractivity contribution is 5.43. The van der Waals surface area contributed by atoms with Crippen molar-refractivity contribution < 1.29 is 14.6 Å². The van der Waals surface area contributed by atoms with Crippen molar-refractivity contribution in [3.63, 3.8) is 0 Å². The molecule has 1 aromatic carbocycles. The molecule has 1 aliphatic rings. The predicted octanol–water partition coefficient (Wildman–Crippen LogP) is 3.04. The van der Waals surface area contributed by atoms with Crippen molar-refractivity contribution in [3.05, 3.63) is 35.9 Å². The Kier molecular flexibility index (Phi) is 5.86. The van der Waals surface area contributed by atoms with E-state index in [9.17, 15) is 5.11 Å². The Morgan fingerprint density at radius 3 is 2.64 bits per heavy atom. The highest BCUT2D eigenvalue weighted by Gasteiger charge is 2.32. The van der Waals surface area contributed by atoms with Gasteiger partial charge in [-0.1, -0.05) is 25.5 Å². The zero-order chi connectivity index (χ0) is 16.0. The molecule has 2 rings (SSSR count). The minimum Gasteiger partial charge on any atom is -0.493 e. The number of aliphatic hydroxyl groups is 1. The van der Waals surface area contributed by atoms with Crippen LogP contribution >= 0.6 is 0 Å². The third-order valence-electron chi connectivity index (χ3n) is 4.23. The van der Waals surface area contributed by atoms with E-state index in [1.54, 1.807) is 7.11 Å². The van der Waals surface area contributed by atoms with Gasteiger partial charge in [-0.25, -0.2) is 0 Å². The highest BCUT2D eigenvalue weighted by atomic mass is 16.5. The molecule has 4 nitrogen and oxygen atoms in total. The van der Waals surface area contributed by atoms with Crippen LogP contribution in [0.4, 0.5) is 0 Å². The van der Waals surface area contributed by atoms with Crippen LogP contribution in [-0.2, 0) is 6.54 Å². The summed E-state index contributed by atoms with van der Waals surface area (Å²) in [4.78, 5) is 0. The van der Waals surface area contributed by atoms with E-state index in [0.717, 1.165) is 35.5 Å². The molecule has 0 unspecified atom stereocenters. The van der Waals surface area contributed by atoms with E-state index in [1.165, 1.54) is 12.8 Å². The summed E-state index contributed by atoms with van der Waals surface area (Å²) in [6.07, 6.45) is 4.45. The molecule has 0 amide bonds. The van der Waals surface area contributed by atoms with Crippen LogP contribution in [0.2, 0.25) is 0 Å². The van der Waals surface area contributed by atoms with Crippen molar-refractivity contribution in [1.82, 2.24) is 5.32 Å². The Morgan fingerprint density at radius 2 is 2.05 bits per heavy atom. The fourth-order valence-electron chi connectivity index (χ4n) is 2.88. The van der Waals surface area contributed by atoms with Gasteiger partial charge in [0.25, 0.3) is 0 Å². The van der Waals surface area contributed by atoms with Crippen molar-refractivity contribution in [2.45, 2.75) is 44.7 Å². The molecule has 0 bridgehead atoms. The largest absolute Gasteiger partial charge is 0.493 e. The van der Waals surface area contributed by atoms with Gasteiger partial charge in [0.1, 0.15) is 6.61 Å². The van der Waals surface area contributed by atoms with Crippen molar-refractivity contribution in [2.24, 2.45) is 0 Å². The quantitative estimate of drug-likeness (QED) is 0.725. The van der Waals surface area contributed by atoms with E-state index in [0.29, 0.717) is 13.2 Å². The first-order valence-corrected chi connectivity index (χ1v) is 7.88. The molecule has 4 heteroatoms. The SMILES string of the molecule is C=C(C)COc1cc(CNC2(CO)CCCC2)ccc1OC. The average molecular weight is 305 g/mol. The van der Waals surface area contributed by atoms with Gasteiger partial charge < -0.3 is 19.9 Å². The summed E-state index contributed by atoms with van der Waals surface area (Å²) in [6, 6.07) is 5.94. The number of ether oxygens (including phenoxy) is 2. The molecule has 2 N–H and O–H groups in total. The zero-order valence-corrected chi connectivity index (χ0v) is 13.7. The summed E-state index contributed by atoms with van der Waals surface area (Å²) in [5, 5.41) is 13.2. The van der Waals surface area contributed by atoms with Gasteiger partial charge in [-0.15, -0.1) is 0 Å². The average Bonchev–Trinajstić information content (AvgIpc) is 3.00. The number of hydrogen-bond donors (Lipinski definition) is 2. The fourth-order valence-corrected chi connectivity index (χ4v) is 2.88. The van der Waals surface area contributed by atoms with Crippen LogP contribution in [0.5, 0.6) is 11.5 Å². The lowest BCUT2D eigenvalue weighted by Crippen LogP contribution is -2.45. The van der Waals surface area contributed by atoms with Gasteiger partial charge in [0.05, 0.1) is 13.7 Å². The maximum absolute atomic E-state index is 9.66. The molecule has 1 aromatic rings. The number of aliphatic hydroxyl groups excluding tert-OH is 1. The molecule has 0 heterocycles. The van der Waals surface area contributed by atoms with E-state index >= 15 is 0 Å².